The van der Waals surface area contributed by atoms with Gasteiger partial charge in [-0.1, -0.05) is 23.7 Å². The van der Waals surface area contributed by atoms with Crippen LogP contribution in [0.15, 0.2) is 34.9 Å². The number of methoxy groups -OCH3 is 1. The zero-order valence-electron chi connectivity index (χ0n) is 14.3. The van der Waals surface area contributed by atoms with Crippen LogP contribution in [-0.2, 0) is 20.7 Å². The van der Waals surface area contributed by atoms with E-state index < -0.39 is 0 Å². The summed E-state index contributed by atoms with van der Waals surface area (Å²) >= 11 is 6.14. The second-order valence-corrected chi connectivity index (χ2v) is 6.00. The van der Waals surface area contributed by atoms with Crippen molar-refractivity contribution in [1.82, 2.24) is 9.88 Å². The average molecular weight is 365 g/mol. The molecule has 2 rings (SSSR count). The normalized spacial score (nSPS) is 10.5. The fourth-order valence-corrected chi connectivity index (χ4v) is 2.53. The number of hydrogen-bond donors (Lipinski definition) is 0. The van der Waals surface area contributed by atoms with Gasteiger partial charge >= 0.3 is 5.97 Å². The molecule has 0 atom stereocenters. The van der Waals surface area contributed by atoms with E-state index in [1.54, 1.807) is 24.2 Å². The molecule has 0 N–H and O–H groups in total. The Morgan fingerprint density at radius 2 is 2.04 bits per heavy atom. The van der Waals surface area contributed by atoms with E-state index in [4.69, 9.17) is 16.0 Å². The minimum Gasteiger partial charge on any atom is -0.469 e. The zero-order valence-corrected chi connectivity index (χ0v) is 15.1. The molecule has 7 heteroatoms. The molecule has 0 radical (unpaired) electrons. The van der Waals surface area contributed by atoms with E-state index >= 15 is 0 Å². The molecular formula is C18H21ClN2O4. The first-order valence-electron chi connectivity index (χ1n) is 8.01. The second-order valence-electron chi connectivity index (χ2n) is 5.59. The number of carbonyl (C=O) groups is 2. The van der Waals surface area contributed by atoms with Crippen LogP contribution in [0.3, 0.4) is 0 Å². The van der Waals surface area contributed by atoms with Crippen molar-refractivity contribution in [3.8, 4) is 11.3 Å². The van der Waals surface area contributed by atoms with Gasteiger partial charge in [0.2, 0.25) is 5.91 Å². The van der Waals surface area contributed by atoms with Crippen LogP contribution in [0.2, 0.25) is 5.02 Å². The van der Waals surface area contributed by atoms with Crippen LogP contribution in [0.4, 0.5) is 0 Å². The molecule has 0 bridgehead atoms. The van der Waals surface area contributed by atoms with Crippen LogP contribution < -0.4 is 0 Å². The summed E-state index contributed by atoms with van der Waals surface area (Å²) in [6, 6.07) is 7.35. The topological polar surface area (TPSA) is 72.6 Å². The van der Waals surface area contributed by atoms with Gasteiger partial charge in [0.05, 0.1) is 18.3 Å². The maximum Gasteiger partial charge on any atom is 0.305 e. The number of carbonyl (C=O) groups excluding carboxylic acids is 2. The van der Waals surface area contributed by atoms with Gasteiger partial charge in [0.15, 0.2) is 11.7 Å². The molecular weight excluding hydrogens is 344 g/mol. The summed E-state index contributed by atoms with van der Waals surface area (Å²) in [7, 11) is 3.06. The van der Waals surface area contributed by atoms with E-state index in [0.717, 1.165) is 5.56 Å². The molecule has 1 aromatic heterocycles. The molecule has 0 fully saturated rings. The minimum absolute atomic E-state index is 0.0256. The molecule has 0 saturated carbocycles. The van der Waals surface area contributed by atoms with Gasteiger partial charge in [0, 0.05) is 38.4 Å². The number of oxazole rings is 1. The number of amides is 1. The van der Waals surface area contributed by atoms with Crippen molar-refractivity contribution in [2.45, 2.75) is 25.7 Å². The minimum atomic E-state index is -0.271. The van der Waals surface area contributed by atoms with Crippen molar-refractivity contribution in [3.63, 3.8) is 0 Å². The van der Waals surface area contributed by atoms with E-state index in [9.17, 15) is 9.59 Å². The molecule has 0 unspecified atom stereocenters. The molecule has 6 nitrogen and oxygen atoms in total. The van der Waals surface area contributed by atoms with Gasteiger partial charge in [0.25, 0.3) is 0 Å². The number of halogens is 1. The van der Waals surface area contributed by atoms with Crippen LogP contribution in [0.5, 0.6) is 0 Å². The summed E-state index contributed by atoms with van der Waals surface area (Å²) < 4.78 is 10.3. The highest BCUT2D eigenvalue weighted by Crippen LogP contribution is 2.28. The molecule has 134 valence electrons. The second kappa shape index (κ2) is 9.22. The van der Waals surface area contributed by atoms with Gasteiger partial charge in [-0.2, -0.15) is 0 Å². The predicted octanol–water partition coefficient (Wildman–Crippen LogP) is 3.34. The third-order valence-corrected chi connectivity index (χ3v) is 4.10. The smallest absolute Gasteiger partial charge is 0.305 e. The van der Waals surface area contributed by atoms with Crippen LogP contribution in [0.25, 0.3) is 11.3 Å². The molecule has 0 aliphatic carbocycles. The predicted molar refractivity (Wildman–Crippen MR) is 94.2 cm³/mol. The summed E-state index contributed by atoms with van der Waals surface area (Å²) in [4.78, 5) is 29.0. The van der Waals surface area contributed by atoms with Gasteiger partial charge in [-0.25, -0.2) is 4.98 Å². The fraction of sp³-hybridized carbons (Fsp3) is 0.389. The Kier molecular flexibility index (Phi) is 7.01. The number of aryl methyl sites for hydroxylation is 1. The lowest BCUT2D eigenvalue weighted by atomic mass is 10.2. The molecule has 1 amide bonds. The van der Waals surface area contributed by atoms with Crippen LogP contribution >= 0.6 is 11.6 Å². The zero-order chi connectivity index (χ0) is 18.2. The first-order valence-corrected chi connectivity index (χ1v) is 8.39. The lowest BCUT2D eigenvalue weighted by Gasteiger charge is -2.16. The van der Waals surface area contributed by atoms with E-state index in [-0.39, 0.29) is 18.3 Å². The van der Waals surface area contributed by atoms with E-state index in [0.29, 0.717) is 42.5 Å². The van der Waals surface area contributed by atoms with Crippen molar-refractivity contribution in [2.24, 2.45) is 0 Å². The van der Waals surface area contributed by atoms with E-state index in [1.807, 2.05) is 18.2 Å². The Morgan fingerprint density at radius 3 is 2.76 bits per heavy atom. The van der Waals surface area contributed by atoms with Crippen LogP contribution in [0.1, 0.15) is 25.2 Å². The first kappa shape index (κ1) is 19.0. The maximum absolute atomic E-state index is 12.1. The Hall–Kier alpha value is -2.34. The highest BCUT2D eigenvalue weighted by atomic mass is 35.5. The van der Waals surface area contributed by atoms with Gasteiger partial charge in [-0.05, 0) is 18.6 Å². The molecule has 25 heavy (non-hydrogen) atoms. The molecule has 1 heterocycles. The Balaban J connectivity index is 1.82. The van der Waals surface area contributed by atoms with Gasteiger partial charge in [0.1, 0.15) is 0 Å². The number of nitrogens with zero attached hydrogens (tertiary/aromatic N) is 2. The maximum atomic E-state index is 12.1. The van der Waals surface area contributed by atoms with Crippen molar-refractivity contribution in [2.75, 3.05) is 20.7 Å². The van der Waals surface area contributed by atoms with Crippen LogP contribution in [0, 0.1) is 0 Å². The number of aromatic nitrogens is 1. The standard InChI is InChI=1S/C18H21ClN2O4/c1-21(11-5-8-18(23)24-2)17(22)10-9-16-20-12-15(25-16)13-6-3-4-7-14(13)19/h3-4,6-7,12H,5,8-11H2,1-2H3. The molecule has 0 aliphatic heterocycles. The van der Waals surface area contributed by atoms with E-state index in [2.05, 4.69) is 9.72 Å². The molecule has 0 spiro atoms. The lowest BCUT2D eigenvalue weighted by Crippen LogP contribution is -2.28. The van der Waals surface area contributed by atoms with Gasteiger partial charge in [-0.3, -0.25) is 9.59 Å². The summed E-state index contributed by atoms with van der Waals surface area (Å²) in [6.45, 7) is 0.504. The third kappa shape index (κ3) is 5.60. The fourth-order valence-electron chi connectivity index (χ4n) is 2.30. The Bertz CT molecular complexity index is 729. The number of hydrogen-bond acceptors (Lipinski definition) is 5. The van der Waals surface area contributed by atoms with Crippen molar-refractivity contribution < 1.29 is 18.7 Å². The SMILES string of the molecule is COC(=O)CCCN(C)C(=O)CCc1ncc(-c2ccccc2Cl)o1. The molecule has 0 saturated heterocycles. The van der Waals surface area contributed by atoms with Gasteiger partial charge < -0.3 is 14.1 Å². The average Bonchev–Trinajstić information content (AvgIpc) is 3.08. The highest BCUT2D eigenvalue weighted by molar-refractivity contribution is 6.33. The molecule has 2 aromatic rings. The van der Waals surface area contributed by atoms with E-state index in [1.165, 1.54) is 7.11 Å². The van der Waals surface area contributed by atoms with Crippen molar-refractivity contribution in [3.05, 3.63) is 41.4 Å². The highest BCUT2D eigenvalue weighted by Gasteiger charge is 2.13. The quantitative estimate of drug-likeness (QED) is 0.672. The van der Waals surface area contributed by atoms with Crippen LogP contribution in [-0.4, -0.2) is 42.5 Å². The lowest BCUT2D eigenvalue weighted by molar-refractivity contribution is -0.141. The summed E-state index contributed by atoms with van der Waals surface area (Å²) in [5.41, 5.74) is 0.772. The van der Waals surface area contributed by atoms with Crippen molar-refractivity contribution in [1.29, 1.82) is 0 Å². The Morgan fingerprint density at radius 1 is 1.28 bits per heavy atom. The van der Waals surface area contributed by atoms with Crippen molar-refractivity contribution >= 4 is 23.5 Å². The van der Waals surface area contributed by atoms with Gasteiger partial charge in [-0.15, -0.1) is 0 Å². The molecule has 0 aliphatic rings. The Labute approximate surface area is 151 Å². The number of rotatable bonds is 8. The summed E-state index contributed by atoms with van der Waals surface area (Å²) in [6.07, 6.45) is 3.18. The third-order valence-electron chi connectivity index (χ3n) is 3.77. The number of benzene rings is 1. The summed E-state index contributed by atoms with van der Waals surface area (Å²) in [5.74, 6) is 0.779. The largest absolute Gasteiger partial charge is 0.469 e. The number of ether oxygens (including phenoxy) is 1. The molecule has 1 aromatic carbocycles. The number of esters is 1. The first-order chi connectivity index (χ1) is 12.0. The monoisotopic (exact) mass is 364 g/mol. The summed E-state index contributed by atoms with van der Waals surface area (Å²) in [5, 5.41) is 0.589.